The Balaban J connectivity index is 1.74. The average Bonchev–Trinajstić information content (AvgIpc) is 3.17. The summed E-state index contributed by atoms with van der Waals surface area (Å²) in [5.74, 6) is 1.43. The average molecular weight is 531 g/mol. The second-order valence-electron chi connectivity index (χ2n) is 8.30. The van der Waals surface area contributed by atoms with Crippen LogP contribution in [0.5, 0.6) is 11.5 Å². The number of nitrogens with one attached hydrogen (secondary N) is 1. The van der Waals surface area contributed by atoms with Gasteiger partial charge in [0, 0.05) is 17.9 Å². The van der Waals surface area contributed by atoms with Gasteiger partial charge in [-0.05, 0) is 47.0 Å². The van der Waals surface area contributed by atoms with Crippen LogP contribution in [0.1, 0.15) is 36.2 Å². The van der Waals surface area contributed by atoms with E-state index in [2.05, 4.69) is 18.8 Å². The highest BCUT2D eigenvalue weighted by Crippen LogP contribution is 2.40. The van der Waals surface area contributed by atoms with E-state index in [1.54, 1.807) is 12.3 Å². The molecule has 0 unspecified atom stereocenters. The lowest BCUT2D eigenvalue weighted by Crippen LogP contribution is -2.19. The molecule has 3 aromatic rings. The molecule has 3 rings (SSSR count). The van der Waals surface area contributed by atoms with E-state index in [1.807, 2.05) is 36.4 Å². The Morgan fingerprint density at radius 2 is 1.61 bits per heavy atom. The minimum atomic E-state index is -3.12. The van der Waals surface area contributed by atoms with Crippen LogP contribution in [0.15, 0.2) is 48.7 Å². The Hall–Kier alpha value is -1.86. The van der Waals surface area contributed by atoms with Gasteiger partial charge in [-0.1, -0.05) is 49.2 Å². The molecule has 0 bridgehead atoms. The van der Waals surface area contributed by atoms with E-state index in [9.17, 15) is 8.42 Å². The highest BCUT2D eigenvalue weighted by atomic mass is 35.5. The molecule has 1 heterocycles. The molecule has 0 atom stereocenters. The van der Waals surface area contributed by atoms with Crippen molar-refractivity contribution in [2.75, 3.05) is 18.7 Å². The first-order valence-electron chi connectivity index (χ1n) is 10.3. The first-order chi connectivity index (χ1) is 15.5. The lowest BCUT2D eigenvalue weighted by molar-refractivity contribution is 0.301. The summed E-state index contributed by atoms with van der Waals surface area (Å²) in [4.78, 5) is 3.05. The number of alkyl halides is 1. The predicted octanol–water partition coefficient (Wildman–Crippen LogP) is 6.39. The fourth-order valence-electron chi connectivity index (χ4n) is 3.48. The van der Waals surface area contributed by atoms with Gasteiger partial charge < -0.3 is 14.5 Å². The molecule has 5 nitrogen and oxygen atoms in total. The predicted molar refractivity (Wildman–Crippen MR) is 135 cm³/mol. The fraction of sp³-hybridized carbons (Fsp3) is 0.333. The lowest BCUT2D eigenvalue weighted by Gasteiger charge is -2.27. The van der Waals surface area contributed by atoms with Crippen LogP contribution >= 0.6 is 34.8 Å². The fourth-order valence-corrected chi connectivity index (χ4v) is 4.99. The summed E-state index contributed by atoms with van der Waals surface area (Å²) in [5.41, 5.74) is 3.07. The number of sulfone groups is 1. The molecule has 178 valence electrons. The topological polar surface area (TPSA) is 68.4 Å². The molecule has 0 aliphatic heterocycles. The van der Waals surface area contributed by atoms with E-state index in [0.717, 1.165) is 16.8 Å². The normalized spacial score (nSPS) is 12.1. The van der Waals surface area contributed by atoms with E-state index in [0.29, 0.717) is 39.6 Å². The molecule has 1 N–H and O–H groups in total. The van der Waals surface area contributed by atoms with Gasteiger partial charge in [-0.2, -0.15) is 0 Å². The molecule has 2 aromatic carbocycles. The zero-order valence-electron chi connectivity index (χ0n) is 18.6. The molecule has 33 heavy (non-hydrogen) atoms. The summed E-state index contributed by atoms with van der Waals surface area (Å²) in [7, 11) is -3.12. The SMILES string of the molecule is CC(C)(c1ccc(OCc2[nH]ccc2CS(C)(=O)=O)cc1)c1cc(Cl)c(OCCCl)c(Cl)c1. The van der Waals surface area contributed by atoms with E-state index in [1.165, 1.54) is 6.26 Å². The number of aromatic amines is 1. The zero-order chi connectivity index (χ0) is 24.2. The second kappa shape index (κ2) is 10.6. The van der Waals surface area contributed by atoms with Gasteiger partial charge in [-0.3, -0.25) is 0 Å². The van der Waals surface area contributed by atoms with Crippen molar-refractivity contribution in [2.24, 2.45) is 0 Å². The van der Waals surface area contributed by atoms with Crippen LogP contribution < -0.4 is 9.47 Å². The maximum Gasteiger partial charge on any atom is 0.156 e. The molecule has 0 aliphatic carbocycles. The zero-order valence-corrected chi connectivity index (χ0v) is 21.7. The number of rotatable bonds is 10. The Kier molecular flexibility index (Phi) is 8.27. The second-order valence-corrected chi connectivity index (χ2v) is 11.6. The first kappa shape index (κ1) is 25.8. The molecule has 0 fully saturated rings. The van der Waals surface area contributed by atoms with Crippen LogP contribution in [0.4, 0.5) is 0 Å². The summed E-state index contributed by atoms with van der Waals surface area (Å²) in [6.07, 6.45) is 2.93. The monoisotopic (exact) mass is 529 g/mol. The van der Waals surface area contributed by atoms with Gasteiger partial charge in [0.15, 0.2) is 15.6 Å². The Morgan fingerprint density at radius 1 is 0.970 bits per heavy atom. The number of hydrogen-bond donors (Lipinski definition) is 1. The molecule has 0 saturated heterocycles. The third kappa shape index (κ3) is 6.60. The Bertz CT molecular complexity index is 1180. The molecule has 0 amide bonds. The van der Waals surface area contributed by atoms with Crippen molar-refractivity contribution >= 4 is 44.6 Å². The molecule has 9 heteroatoms. The van der Waals surface area contributed by atoms with Crippen molar-refractivity contribution in [1.29, 1.82) is 0 Å². The quantitative estimate of drug-likeness (QED) is 0.308. The number of benzene rings is 2. The van der Waals surface area contributed by atoms with Crippen LogP contribution in [-0.4, -0.2) is 32.1 Å². The molecule has 0 saturated carbocycles. The van der Waals surface area contributed by atoms with E-state index >= 15 is 0 Å². The highest BCUT2D eigenvalue weighted by molar-refractivity contribution is 7.89. The summed E-state index contributed by atoms with van der Waals surface area (Å²) in [6, 6.07) is 13.2. The van der Waals surface area contributed by atoms with Gasteiger partial charge >= 0.3 is 0 Å². The largest absolute Gasteiger partial charge is 0.489 e. The van der Waals surface area contributed by atoms with Crippen LogP contribution in [0, 0.1) is 0 Å². The van der Waals surface area contributed by atoms with Crippen LogP contribution in [0.2, 0.25) is 10.0 Å². The lowest BCUT2D eigenvalue weighted by atomic mass is 9.78. The van der Waals surface area contributed by atoms with Gasteiger partial charge in [0.25, 0.3) is 0 Å². The summed E-state index contributed by atoms with van der Waals surface area (Å²) in [5, 5.41) is 0.873. The van der Waals surface area contributed by atoms with Crippen LogP contribution in [0.3, 0.4) is 0 Å². The number of ether oxygens (including phenoxy) is 2. The van der Waals surface area contributed by atoms with Crippen LogP contribution in [0.25, 0.3) is 0 Å². The molecular formula is C24H26Cl3NO4S. The van der Waals surface area contributed by atoms with Gasteiger partial charge in [-0.25, -0.2) is 8.42 Å². The number of H-pyrrole nitrogens is 1. The van der Waals surface area contributed by atoms with Crippen molar-refractivity contribution in [2.45, 2.75) is 31.6 Å². The standard InChI is InChI=1S/C24H26Cl3NO4S/c1-24(2,18-12-20(26)23(21(27)13-18)31-11-9-25)17-4-6-19(7-5-17)32-14-22-16(8-10-28-22)15-33(3,29)30/h4-8,10,12-13,28H,9,11,14-15H2,1-3H3. The van der Waals surface area contributed by atoms with E-state index in [-0.39, 0.29) is 17.8 Å². The van der Waals surface area contributed by atoms with Crippen LogP contribution in [-0.2, 0) is 27.6 Å². The minimum Gasteiger partial charge on any atom is -0.489 e. The van der Waals surface area contributed by atoms with Crippen molar-refractivity contribution < 1.29 is 17.9 Å². The first-order valence-corrected chi connectivity index (χ1v) is 13.6. The van der Waals surface area contributed by atoms with Crippen molar-refractivity contribution in [3.8, 4) is 11.5 Å². The summed E-state index contributed by atoms with van der Waals surface area (Å²) in [6.45, 7) is 4.74. The van der Waals surface area contributed by atoms with Crippen molar-refractivity contribution in [3.05, 3.63) is 81.1 Å². The molecular weight excluding hydrogens is 505 g/mol. The molecule has 0 spiro atoms. The minimum absolute atomic E-state index is 0.0247. The number of aromatic nitrogens is 1. The third-order valence-electron chi connectivity index (χ3n) is 5.35. The van der Waals surface area contributed by atoms with Crippen molar-refractivity contribution in [3.63, 3.8) is 0 Å². The summed E-state index contributed by atoms with van der Waals surface area (Å²) >= 11 is 18.5. The molecule has 0 radical (unpaired) electrons. The van der Waals surface area contributed by atoms with Gasteiger partial charge in [0.1, 0.15) is 19.0 Å². The Morgan fingerprint density at radius 3 is 2.18 bits per heavy atom. The summed E-state index contributed by atoms with van der Waals surface area (Å²) < 4.78 is 34.6. The van der Waals surface area contributed by atoms with E-state index in [4.69, 9.17) is 44.3 Å². The highest BCUT2D eigenvalue weighted by Gasteiger charge is 2.25. The Labute approximate surface area is 209 Å². The smallest absolute Gasteiger partial charge is 0.156 e. The van der Waals surface area contributed by atoms with Gasteiger partial charge in [-0.15, -0.1) is 11.6 Å². The maximum atomic E-state index is 11.6. The molecule has 1 aromatic heterocycles. The molecule has 0 aliphatic rings. The third-order valence-corrected chi connectivity index (χ3v) is 6.90. The van der Waals surface area contributed by atoms with Crippen molar-refractivity contribution in [1.82, 2.24) is 4.98 Å². The number of hydrogen-bond acceptors (Lipinski definition) is 4. The van der Waals surface area contributed by atoms with E-state index < -0.39 is 9.84 Å². The van der Waals surface area contributed by atoms with Gasteiger partial charge in [0.2, 0.25) is 0 Å². The van der Waals surface area contributed by atoms with Gasteiger partial charge in [0.05, 0.1) is 27.4 Å². The maximum absolute atomic E-state index is 11.6. The number of halogens is 3.